The second-order valence-electron chi connectivity index (χ2n) is 7.93. The molecule has 7 heteroatoms. The number of nitrogens with one attached hydrogen (secondary N) is 2. The van der Waals surface area contributed by atoms with Gasteiger partial charge in [0.25, 0.3) is 0 Å². The molecule has 0 spiro atoms. The standard InChI is InChI=1S/C22H32N6O/c1-6-17(13-29)24-22-25-21(23-12-16-10-8-7-9-11-16)19-20(28(22)15(4)5)18(14(2)3)26-27-19/h7-11,14-15,17,29H,6,12-13H2,1-5H3,(H,26,27)(H,23,24,25). The summed E-state index contributed by atoms with van der Waals surface area (Å²) in [7, 11) is 0. The topological polar surface area (TPSA) is 91.1 Å². The Morgan fingerprint density at radius 2 is 1.90 bits per heavy atom. The molecule has 29 heavy (non-hydrogen) atoms. The van der Waals surface area contributed by atoms with Gasteiger partial charge in [0.05, 0.1) is 23.9 Å². The molecule has 0 radical (unpaired) electrons. The van der Waals surface area contributed by atoms with Crippen molar-refractivity contribution in [3.63, 3.8) is 0 Å². The second-order valence-corrected chi connectivity index (χ2v) is 7.93. The molecule has 156 valence electrons. The van der Waals surface area contributed by atoms with E-state index in [9.17, 15) is 5.11 Å². The van der Waals surface area contributed by atoms with Crippen molar-refractivity contribution >= 4 is 16.9 Å². The predicted octanol–water partition coefficient (Wildman–Crippen LogP) is 3.75. The van der Waals surface area contributed by atoms with Gasteiger partial charge in [-0.25, -0.2) is 4.99 Å². The van der Waals surface area contributed by atoms with Crippen LogP contribution in [0.2, 0.25) is 0 Å². The number of H-pyrrole nitrogens is 1. The van der Waals surface area contributed by atoms with Crippen LogP contribution in [0.1, 0.15) is 64.3 Å². The van der Waals surface area contributed by atoms with Crippen molar-refractivity contribution in [2.75, 3.05) is 11.9 Å². The van der Waals surface area contributed by atoms with E-state index in [4.69, 9.17) is 9.98 Å². The molecule has 2 aromatic heterocycles. The van der Waals surface area contributed by atoms with Crippen LogP contribution in [0.3, 0.4) is 0 Å². The Labute approximate surface area is 171 Å². The highest BCUT2D eigenvalue weighted by Gasteiger charge is 2.20. The molecule has 0 bridgehead atoms. The van der Waals surface area contributed by atoms with Gasteiger partial charge in [-0.2, -0.15) is 10.1 Å². The maximum Gasteiger partial charge on any atom is 0.227 e. The largest absolute Gasteiger partial charge is 0.394 e. The minimum atomic E-state index is -0.179. The summed E-state index contributed by atoms with van der Waals surface area (Å²) >= 11 is 0. The van der Waals surface area contributed by atoms with E-state index < -0.39 is 0 Å². The molecule has 0 aliphatic carbocycles. The third-order valence-electron chi connectivity index (χ3n) is 5.04. The van der Waals surface area contributed by atoms with Gasteiger partial charge in [-0.15, -0.1) is 0 Å². The molecule has 0 aliphatic rings. The molecular weight excluding hydrogens is 364 g/mol. The van der Waals surface area contributed by atoms with E-state index in [1.165, 1.54) is 5.56 Å². The Morgan fingerprint density at radius 1 is 1.17 bits per heavy atom. The number of nitrogens with zero attached hydrogens (tertiary/aromatic N) is 4. The molecule has 3 rings (SSSR count). The van der Waals surface area contributed by atoms with Crippen molar-refractivity contribution in [2.24, 2.45) is 4.99 Å². The van der Waals surface area contributed by atoms with E-state index in [2.05, 4.69) is 59.9 Å². The van der Waals surface area contributed by atoms with Crippen LogP contribution in [0.4, 0.5) is 5.82 Å². The van der Waals surface area contributed by atoms with Crippen molar-refractivity contribution in [1.82, 2.24) is 19.7 Å². The van der Waals surface area contributed by atoms with Gasteiger partial charge in [0.1, 0.15) is 0 Å². The van der Waals surface area contributed by atoms with Crippen LogP contribution in [0.5, 0.6) is 0 Å². The number of anilines is 1. The molecule has 1 aromatic carbocycles. The van der Waals surface area contributed by atoms with Gasteiger partial charge in [0.15, 0.2) is 11.3 Å². The molecule has 2 heterocycles. The fraction of sp³-hybridized carbons (Fsp3) is 0.500. The summed E-state index contributed by atoms with van der Waals surface area (Å²) < 4.78 is 2.13. The summed E-state index contributed by atoms with van der Waals surface area (Å²) in [5.41, 5.74) is 4.68. The fourth-order valence-electron chi connectivity index (χ4n) is 3.38. The second kappa shape index (κ2) is 9.22. The summed E-state index contributed by atoms with van der Waals surface area (Å²) in [5, 5.41) is 20.9. The zero-order valence-corrected chi connectivity index (χ0v) is 18.0. The number of benzene rings is 1. The summed E-state index contributed by atoms with van der Waals surface area (Å²) in [6.45, 7) is 11.2. The maximum absolute atomic E-state index is 9.69. The number of aliphatic hydroxyl groups is 1. The molecule has 0 aliphatic heterocycles. The number of rotatable bonds is 8. The lowest BCUT2D eigenvalue weighted by Gasteiger charge is -2.18. The summed E-state index contributed by atoms with van der Waals surface area (Å²) in [6.07, 6.45) is 0.753. The van der Waals surface area contributed by atoms with Gasteiger partial charge in [0.2, 0.25) is 5.62 Å². The highest BCUT2D eigenvalue weighted by atomic mass is 16.3. The van der Waals surface area contributed by atoms with E-state index in [1.54, 1.807) is 0 Å². The lowest BCUT2D eigenvalue weighted by atomic mass is 10.1. The zero-order valence-electron chi connectivity index (χ0n) is 18.0. The van der Waals surface area contributed by atoms with Crippen molar-refractivity contribution in [3.05, 3.63) is 47.2 Å². The predicted molar refractivity (Wildman–Crippen MR) is 117 cm³/mol. The first kappa shape index (κ1) is 21.0. The molecular formula is C22H32N6O. The van der Waals surface area contributed by atoms with E-state index in [-0.39, 0.29) is 24.6 Å². The van der Waals surface area contributed by atoms with Crippen LogP contribution in [0.15, 0.2) is 35.3 Å². The summed E-state index contributed by atoms with van der Waals surface area (Å²) in [4.78, 5) is 9.62. The lowest BCUT2D eigenvalue weighted by Crippen LogP contribution is -2.30. The number of aromatic amines is 1. The first-order valence-electron chi connectivity index (χ1n) is 10.4. The third-order valence-corrected chi connectivity index (χ3v) is 5.04. The minimum absolute atomic E-state index is 0.00349. The van der Waals surface area contributed by atoms with Crippen molar-refractivity contribution in [3.8, 4) is 0 Å². The Kier molecular flexibility index (Phi) is 6.69. The average molecular weight is 397 g/mol. The van der Waals surface area contributed by atoms with Gasteiger partial charge in [0, 0.05) is 12.6 Å². The number of hydrogen-bond donors (Lipinski definition) is 3. The summed E-state index contributed by atoms with van der Waals surface area (Å²) in [6, 6.07) is 10.2. The fourth-order valence-corrected chi connectivity index (χ4v) is 3.38. The van der Waals surface area contributed by atoms with Crippen LogP contribution >= 0.6 is 0 Å². The Morgan fingerprint density at radius 3 is 2.48 bits per heavy atom. The monoisotopic (exact) mass is 396 g/mol. The zero-order chi connectivity index (χ0) is 21.0. The Balaban J connectivity index is 2.21. The number of aromatic nitrogens is 4. The summed E-state index contributed by atoms with van der Waals surface area (Å²) in [5.74, 6) is 0.984. The SMILES string of the molecule is CCC(CO)N=c1nc(NCc2ccccc2)c2n[nH]c(C(C)C)c2n1C(C)C. The molecule has 0 amide bonds. The van der Waals surface area contributed by atoms with E-state index in [1.807, 2.05) is 25.1 Å². The lowest BCUT2D eigenvalue weighted by molar-refractivity contribution is 0.260. The Hall–Kier alpha value is -2.67. The molecule has 3 N–H and O–H groups in total. The molecule has 7 nitrogen and oxygen atoms in total. The first-order valence-corrected chi connectivity index (χ1v) is 10.4. The van der Waals surface area contributed by atoms with Crippen molar-refractivity contribution < 1.29 is 5.11 Å². The Bertz CT molecular complexity index is 999. The molecule has 3 aromatic rings. The normalized spacial score (nSPS) is 13.6. The van der Waals surface area contributed by atoms with E-state index in [0.29, 0.717) is 18.0 Å². The first-order chi connectivity index (χ1) is 14.0. The molecule has 0 saturated heterocycles. The van der Waals surface area contributed by atoms with Crippen LogP contribution in [-0.2, 0) is 6.54 Å². The van der Waals surface area contributed by atoms with E-state index in [0.717, 1.165) is 23.1 Å². The maximum atomic E-state index is 9.69. The minimum Gasteiger partial charge on any atom is -0.394 e. The van der Waals surface area contributed by atoms with Gasteiger partial charge < -0.3 is 15.0 Å². The highest BCUT2D eigenvalue weighted by molar-refractivity contribution is 5.87. The van der Waals surface area contributed by atoms with Crippen molar-refractivity contribution in [2.45, 2.75) is 65.6 Å². The van der Waals surface area contributed by atoms with E-state index >= 15 is 0 Å². The van der Waals surface area contributed by atoms with Crippen LogP contribution in [0, 0.1) is 0 Å². The van der Waals surface area contributed by atoms with Gasteiger partial charge in [-0.05, 0) is 31.7 Å². The van der Waals surface area contributed by atoms with Crippen LogP contribution in [-0.4, -0.2) is 37.5 Å². The average Bonchev–Trinajstić information content (AvgIpc) is 3.15. The molecule has 0 saturated carbocycles. The van der Waals surface area contributed by atoms with Gasteiger partial charge in [-0.3, -0.25) is 5.10 Å². The van der Waals surface area contributed by atoms with Crippen LogP contribution < -0.4 is 10.9 Å². The van der Waals surface area contributed by atoms with Crippen molar-refractivity contribution in [1.29, 1.82) is 0 Å². The number of hydrogen-bond acceptors (Lipinski definition) is 5. The number of fused-ring (bicyclic) bond motifs is 1. The van der Waals surface area contributed by atoms with Gasteiger partial charge in [-0.1, -0.05) is 51.1 Å². The number of aliphatic hydroxyl groups excluding tert-OH is 1. The third kappa shape index (κ3) is 4.50. The molecule has 1 unspecified atom stereocenters. The van der Waals surface area contributed by atoms with Crippen LogP contribution in [0.25, 0.3) is 11.0 Å². The van der Waals surface area contributed by atoms with Gasteiger partial charge >= 0.3 is 0 Å². The smallest absolute Gasteiger partial charge is 0.227 e. The molecule has 1 atom stereocenters. The molecule has 0 fully saturated rings. The highest BCUT2D eigenvalue weighted by Crippen LogP contribution is 2.27. The quantitative estimate of drug-likeness (QED) is 0.541.